The van der Waals surface area contributed by atoms with E-state index in [9.17, 15) is 8.42 Å². The molecule has 2 aromatic carbocycles. The normalized spacial score (nSPS) is 14.0. The Bertz CT molecular complexity index is 772. The zero-order valence-corrected chi connectivity index (χ0v) is 14.5. The Balaban J connectivity index is 1.48. The molecule has 0 atom stereocenters. The average molecular weight is 345 g/mol. The van der Waals surface area contributed by atoms with Gasteiger partial charge in [0.15, 0.2) is 0 Å². The first-order chi connectivity index (χ1) is 11.6. The van der Waals surface area contributed by atoms with Crippen LogP contribution < -0.4 is 9.46 Å². The molecule has 0 radical (unpaired) electrons. The predicted octanol–water partition coefficient (Wildman–Crippen LogP) is 2.72. The van der Waals surface area contributed by atoms with Crippen molar-refractivity contribution in [3.05, 3.63) is 65.2 Å². The molecule has 1 heterocycles. The largest absolute Gasteiger partial charge is 0.493 e. The van der Waals surface area contributed by atoms with Crippen LogP contribution in [0.1, 0.15) is 23.1 Å². The van der Waals surface area contributed by atoms with Gasteiger partial charge < -0.3 is 4.74 Å². The zero-order valence-electron chi connectivity index (χ0n) is 13.7. The summed E-state index contributed by atoms with van der Waals surface area (Å²) in [6.45, 7) is 1.21. The summed E-state index contributed by atoms with van der Waals surface area (Å²) < 4.78 is 32.5. The molecule has 0 fully saturated rings. The van der Waals surface area contributed by atoms with Crippen molar-refractivity contribution in [2.24, 2.45) is 0 Å². The highest BCUT2D eigenvalue weighted by Crippen LogP contribution is 2.25. The second kappa shape index (κ2) is 7.81. The van der Waals surface area contributed by atoms with Gasteiger partial charge in [0.05, 0.1) is 12.4 Å². The van der Waals surface area contributed by atoms with Crippen LogP contribution in [0.5, 0.6) is 5.75 Å². The van der Waals surface area contributed by atoms with Crippen molar-refractivity contribution in [1.29, 1.82) is 0 Å². The molecule has 128 valence electrons. The minimum absolute atomic E-state index is 0.120. The van der Waals surface area contributed by atoms with Crippen molar-refractivity contribution in [3.63, 3.8) is 0 Å². The third-order valence-corrected chi connectivity index (χ3v) is 5.60. The molecular formula is C19H23NO3S. The lowest BCUT2D eigenvalue weighted by Gasteiger charge is -2.18. The zero-order chi connectivity index (χ0) is 16.8. The van der Waals surface area contributed by atoms with E-state index < -0.39 is 10.0 Å². The monoisotopic (exact) mass is 345 g/mol. The molecule has 0 aromatic heterocycles. The number of fused-ring (bicyclic) bond motifs is 1. The van der Waals surface area contributed by atoms with Gasteiger partial charge in [0, 0.05) is 6.54 Å². The van der Waals surface area contributed by atoms with E-state index in [1.807, 2.05) is 42.5 Å². The van der Waals surface area contributed by atoms with Crippen molar-refractivity contribution in [3.8, 4) is 5.75 Å². The van der Waals surface area contributed by atoms with Gasteiger partial charge >= 0.3 is 0 Å². The quantitative estimate of drug-likeness (QED) is 0.839. The Kier molecular flexibility index (Phi) is 5.53. The van der Waals surface area contributed by atoms with E-state index in [0.717, 1.165) is 36.3 Å². The van der Waals surface area contributed by atoms with Crippen molar-refractivity contribution >= 4 is 10.0 Å². The highest BCUT2D eigenvalue weighted by molar-refractivity contribution is 7.89. The van der Waals surface area contributed by atoms with E-state index in [2.05, 4.69) is 10.8 Å². The number of nitrogens with one attached hydrogen (secondary N) is 1. The number of hydrogen-bond donors (Lipinski definition) is 1. The summed E-state index contributed by atoms with van der Waals surface area (Å²) in [7, 11) is -3.24. The van der Waals surface area contributed by atoms with E-state index in [-0.39, 0.29) is 5.75 Å². The number of ether oxygens (including phenoxy) is 1. The van der Waals surface area contributed by atoms with E-state index >= 15 is 0 Å². The van der Waals surface area contributed by atoms with Crippen LogP contribution in [0, 0.1) is 0 Å². The van der Waals surface area contributed by atoms with Crippen LogP contribution in [0.25, 0.3) is 0 Å². The molecule has 1 aliphatic rings. The van der Waals surface area contributed by atoms with E-state index in [1.54, 1.807) is 0 Å². The van der Waals surface area contributed by atoms with Gasteiger partial charge in [-0.25, -0.2) is 13.1 Å². The summed E-state index contributed by atoms with van der Waals surface area (Å²) >= 11 is 0. The maximum atomic E-state index is 12.1. The summed E-state index contributed by atoms with van der Waals surface area (Å²) in [5.74, 6) is 1.09. The molecule has 0 spiro atoms. The lowest BCUT2D eigenvalue weighted by molar-refractivity contribution is 0.288. The Morgan fingerprint density at radius 1 is 1.00 bits per heavy atom. The smallest absolute Gasteiger partial charge is 0.211 e. The van der Waals surface area contributed by atoms with E-state index in [0.29, 0.717) is 19.4 Å². The highest BCUT2D eigenvalue weighted by atomic mass is 32.2. The first kappa shape index (κ1) is 17.0. The molecule has 0 bridgehead atoms. The van der Waals surface area contributed by atoms with Crippen LogP contribution in [0.15, 0.2) is 48.5 Å². The molecule has 0 amide bonds. The third kappa shape index (κ3) is 4.82. The fraction of sp³-hybridized carbons (Fsp3) is 0.368. The number of benzene rings is 2. The minimum atomic E-state index is -3.24. The SMILES string of the molecule is O=S(=O)(CCc1ccccc1)NCCc1ccc2c(c1)CCCO2. The van der Waals surface area contributed by atoms with Gasteiger partial charge in [-0.05, 0) is 48.4 Å². The maximum absolute atomic E-state index is 12.1. The van der Waals surface area contributed by atoms with Gasteiger partial charge in [-0.1, -0.05) is 42.5 Å². The molecular weight excluding hydrogens is 322 g/mol. The Labute approximate surface area is 143 Å². The number of rotatable bonds is 7. The van der Waals surface area contributed by atoms with Gasteiger partial charge in [-0.15, -0.1) is 0 Å². The predicted molar refractivity (Wildman–Crippen MR) is 95.9 cm³/mol. The second-order valence-electron chi connectivity index (χ2n) is 6.09. The summed E-state index contributed by atoms with van der Waals surface area (Å²) in [6, 6.07) is 15.8. The molecule has 4 nitrogen and oxygen atoms in total. The first-order valence-electron chi connectivity index (χ1n) is 8.38. The third-order valence-electron chi connectivity index (χ3n) is 4.21. The summed E-state index contributed by atoms with van der Waals surface area (Å²) in [6.07, 6.45) is 3.30. The van der Waals surface area contributed by atoms with Crippen LogP contribution >= 0.6 is 0 Å². The Hall–Kier alpha value is -1.85. The van der Waals surface area contributed by atoms with Crippen molar-refractivity contribution in [1.82, 2.24) is 4.72 Å². The molecule has 1 aliphatic heterocycles. The fourth-order valence-corrected chi connectivity index (χ4v) is 3.95. The second-order valence-corrected chi connectivity index (χ2v) is 8.02. The molecule has 2 aromatic rings. The minimum Gasteiger partial charge on any atom is -0.493 e. The molecule has 3 rings (SSSR count). The molecule has 1 N–H and O–H groups in total. The van der Waals surface area contributed by atoms with Gasteiger partial charge in [0.25, 0.3) is 0 Å². The molecule has 0 unspecified atom stereocenters. The summed E-state index contributed by atoms with van der Waals surface area (Å²) in [5.41, 5.74) is 3.41. The number of sulfonamides is 1. The van der Waals surface area contributed by atoms with Gasteiger partial charge in [0.1, 0.15) is 5.75 Å². The van der Waals surface area contributed by atoms with Gasteiger partial charge in [-0.2, -0.15) is 0 Å². The molecule has 24 heavy (non-hydrogen) atoms. The molecule has 0 saturated heterocycles. The standard InChI is InChI=1S/C19H23NO3S/c21-24(22,14-11-16-5-2-1-3-6-16)20-12-10-17-8-9-19-18(15-17)7-4-13-23-19/h1-3,5-6,8-9,15,20H,4,7,10-14H2. The Morgan fingerprint density at radius 3 is 2.67 bits per heavy atom. The van der Waals surface area contributed by atoms with E-state index in [1.165, 1.54) is 5.56 Å². The van der Waals surface area contributed by atoms with E-state index in [4.69, 9.17) is 4.74 Å². The molecule has 0 aliphatic carbocycles. The van der Waals surface area contributed by atoms with Crippen LogP contribution in [0.2, 0.25) is 0 Å². The highest BCUT2D eigenvalue weighted by Gasteiger charge is 2.12. The molecule has 5 heteroatoms. The number of aryl methyl sites for hydroxylation is 2. The molecule has 0 saturated carbocycles. The van der Waals surface area contributed by atoms with Crippen molar-refractivity contribution < 1.29 is 13.2 Å². The van der Waals surface area contributed by atoms with Gasteiger partial charge in [0.2, 0.25) is 10.0 Å². The van der Waals surface area contributed by atoms with Crippen LogP contribution in [0.3, 0.4) is 0 Å². The summed E-state index contributed by atoms with van der Waals surface area (Å²) in [5, 5.41) is 0. The van der Waals surface area contributed by atoms with Crippen LogP contribution in [-0.4, -0.2) is 27.3 Å². The maximum Gasteiger partial charge on any atom is 0.211 e. The lowest BCUT2D eigenvalue weighted by atomic mass is 10.0. The average Bonchev–Trinajstić information content (AvgIpc) is 2.61. The topological polar surface area (TPSA) is 55.4 Å². The fourth-order valence-electron chi connectivity index (χ4n) is 2.89. The lowest BCUT2D eigenvalue weighted by Crippen LogP contribution is -2.29. The van der Waals surface area contributed by atoms with Crippen molar-refractivity contribution in [2.45, 2.75) is 25.7 Å². The van der Waals surface area contributed by atoms with Crippen LogP contribution in [0.4, 0.5) is 0 Å². The van der Waals surface area contributed by atoms with Gasteiger partial charge in [-0.3, -0.25) is 0 Å². The van der Waals surface area contributed by atoms with Crippen LogP contribution in [-0.2, 0) is 29.3 Å². The summed E-state index contributed by atoms with van der Waals surface area (Å²) in [4.78, 5) is 0. The first-order valence-corrected chi connectivity index (χ1v) is 10.0. The number of hydrogen-bond acceptors (Lipinski definition) is 3. The van der Waals surface area contributed by atoms with Crippen molar-refractivity contribution in [2.75, 3.05) is 18.9 Å². The Morgan fingerprint density at radius 2 is 1.83 bits per heavy atom.